The molecule has 0 spiro atoms. The van der Waals surface area contributed by atoms with Gasteiger partial charge in [-0.3, -0.25) is 9.59 Å². The lowest BCUT2D eigenvalue weighted by atomic mass is 9.93. The van der Waals surface area contributed by atoms with Crippen LogP contribution in [0.15, 0.2) is 24.3 Å². The molecule has 2 atom stereocenters. The summed E-state index contributed by atoms with van der Waals surface area (Å²) in [5, 5.41) is 15.0. The summed E-state index contributed by atoms with van der Waals surface area (Å²) in [4.78, 5) is 23.0. The average molecular weight is 276 g/mol. The first kappa shape index (κ1) is 14.4. The van der Waals surface area contributed by atoms with Gasteiger partial charge in [0.05, 0.1) is 11.8 Å². The molecule has 108 valence electrons. The quantitative estimate of drug-likeness (QED) is 0.761. The van der Waals surface area contributed by atoms with Crippen molar-refractivity contribution in [2.24, 2.45) is 11.8 Å². The number of carboxylic acids is 1. The molecule has 1 aromatic rings. The first-order valence-corrected chi connectivity index (χ1v) is 6.94. The van der Waals surface area contributed by atoms with Crippen LogP contribution in [0.3, 0.4) is 0 Å². The van der Waals surface area contributed by atoms with Gasteiger partial charge >= 0.3 is 5.97 Å². The van der Waals surface area contributed by atoms with Crippen molar-refractivity contribution in [2.45, 2.75) is 19.8 Å². The highest BCUT2D eigenvalue weighted by Crippen LogP contribution is 2.24. The van der Waals surface area contributed by atoms with Gasteiger partial charge in [0.1, 0.15) is 0 Å². The monoisotopic (exact) mass is 276 g/mol. The van der Waals surface area contributed by atoms with Crippen molar-refractivity contribution in [1.82, 2.24) is 5.32 Å². The summed E-state index contributed by atoms with van der Waals surface area (Å²) in [5.41, 5.74) is 2.21. The third kappa shape index (κ3) is 3.29. The molecule has 0 bridgehead atoms. The summed E-state index contributed by atoms with van der Waals surface area (Å²) >= 11 is 0. The number of amides is 1. The predicted octanol–water partition coefficient (Wildman–Crippen LogP) is 1.50. The Morgan fingerprint density at radius 2 is 2.20 bits per heavy atom. The van der Waals surface area contributed by atoms with Gasteiger partial charge in [0, 0.05) is 18.8 Å². The van der Waals surface area contributed by atoms with Gasteiger partial charge in [-0.25, -0.2) is 0 Å². The Morgan fingerprint density at radius 3 is 2.90 bits per heavy atom. The van der Waals surface area contributed by atoms with E-state index < -0.39 is 11.9 Å². The average Bonchev–Trinajstić information content (AvgIpc) is 2.46. The Balaban J connectivity index is 1.90. The Kier molecular flexibility index (Phi) is 4.61. The molecule has 0 aliphatic carbocycles. The number of fused-ring (bicyclic) bond motifs is 1. The maximum Gasteiger partial charge on any atom is 0.308 e. The molecule has 1 amide bonds. The molecule has 3 N–H and O–H groups in total. The largest absolute Gasteiger partial charge is 0.481 e. The number of hydrogen-bond acceptors (Lipinski definition) is 3. The smallest absolute Gasteiger partial charge is 0.308 e. The number of benzene rings is 1. The molecule has 1 aliphatic heterocycles. The van der Waals surface area contributed by atoms with Crippen LogP contribution in [0, 0.1) is 11.8 Å². The fourth-order valence-corrected chi connectivity index (χ4v) is 2.40. The second kappa shape index (κ2) is 6.41. The number of hydrogen-bond donors (Lipinski definition) is 3. The third-order valence-corrected chi connectivity index (χ3v) is 3.76. The lowest BCUT2D eigenvalue weighted by Crippen LogP contribution is -2.41. The minimum absolute atomic E-state index is 0.0771. The van der Waals surface area contributed by atoms with Crippen molar-refractivity contribution >= 4 is 17.6 Å². The number of carbonyl (C=O) groups is 2. The van der Waals surface area contributed by atoms with Crippen LogP contribution in [0.25, 0.3) is 0 Å². The van der Waals surface area contributed by atoms with Crippen LogP contribution in [0.2, 0.25) is 0 Å². The van der Waals surface area contributed by atoms with Crippen molar-refractivity contribution in [3.63, 3.8) is 0 Å². The molecule has 2 unspecified atom stereocenters. The zero-order valence-electron chi connectivity index (χ0n) is 11.6. The lowest BCUT2D eigenvalue weighted by Gasteiger charge is -2.25. The van der Waals surface area contributed by atoms with Gasteiger partial charge in [-0.05, 0) is 24.5 Å². The van der Waals surface area contributed by atoms with Crippen LogP contribution < -0.4 is 10.6 Å². The fourth-order valence-electron chi connectivity index (χ4n) is 2.40. The molecule has 0 saturated carbocycles. The van der Waals surface area contributed by atoms with E-state index in [0.29, 0.717) is 19.4 Å². The van der Waals surface area contributed by atoms with Gasteiger partial charge in [0.15, 0.2) is 0 Å². The van der Waals surface area contributed by atoms with Crippen LogP contribution in [0.5, 0.6) is 0 Å². The van der Waals surface area contributed by atoms with E-state index in [4.69, 9.17) is 5.11 Å². The minimum atomic E-state index is -0.861. The molecule has 5 heteroatoms. The number of nitrogens with one attached hydrogen (secondary N) is 2. The predicted molar refractivity (Wildman–Crippen MR) is 76.6 cm³/mol. The number of carbonyl (C=O) groups excluding carboxylic acids is 1. The first-order valence-electron chi connectivity index (χ1n) is 6.94. The SMILES string of the molecule is CCC(CNC(=O)C1CNc2ccccc2C1)C(=O)O. The Hall–Kier alpha value is -2.04. The summed E-state index contributed by atoms with van der Waals surface area (Å²) in [6, 6.07) is 7.93. The third-order valence-electron chi connectivity index (χ3n) is 3.76. The molecule has 1 aromatic carbocycles. The number of aliphatic carboxylic acids is 1. The molecule has 1 aliphatic rings. The Bertz CT molecular complexity index is 502. The van der Waals surface area contributed by atoms with E-state index in [1.807, 2.05) is 31.2 Å². The van der Waals surface area contributed by atoms with Crippen molar-refractivity contribution in [1.29, 1.82) is 0 Å². The lowest BCUT2D eigenvalue weighted by molar-refractivity contribution is -0.141. The topological polar surface area (TPSA) is 78.4 Å². The summed E-state index contributed by atoms with van der Waals surface area (Å²) in [6.07, 6.45) is 1.21. The normalized spacial score (nSPS) is 18.6. The van der Waals surface area contributed by atoms with Crippen LogP contribution in [-0.4, -0.2) is 30.1 Å². The summed E-state index contributed by atoms with van der Waals surface area (Å²) < 4.78 is 0. The van der Waals surface area contributed by atoms with E-state index in [1.54, 1.807) is 0 Å². The van der Waals surface area contributed by atoms with E-state index in [2.05, 4.69) is 10.6 Å². The van der Waals surface area contributed by atoms with Crippen LogP contribution in [0.1, 0.15) is 18.9 Å². The van der Waals surface area contributed by atoms with E-state index in [1.165, 1.54) is 0 Å². The Morgan fingerprint density at radius 1 is 1.45 bits per heavy atom. The van der Waals surface area contributed by atoms with Crippen LogP contribution in [-0.2, 0) is 16.0 Å². The maximum absolute atomic E-state index is 12.1. The van der Waals surface area contributed by atoms with E-state index >= 15 is 0 Å². The van der Waals surface area contributed by atoms with Gasteiger partial charge in [-0.1, -0.05) is 25.1 Å². The maximum atomic E-state index is 12.1. The highest BCUT2D eigenvalue weighted by Gasteiger charge is 2.25. The second-order valence-electron chi connectivity index (χ2n) is 5.13. The zero-order chi connectivity index (χ0) is 14.5. The second-order valence-corrected chi connectivity index (χ2v) is 5.13. The first-order chi connectivity index (χ1) is 9.61. The highest BCUT2D eigenvalue weighted by atomic mass is 16.4. The van der Waals surface area contributed by atoms with Crippen LogP contribution in [0.4, 0.5) is 5.69 Å². The molecule has 0 radical (unpaired) electrons. The van der Waals surface area contributed by atoms with Gasteiger partial charge in [-0.15, -0.1) is 0 Å². The van der Waals surface area contributed by atoms with Gasteiger partial charge in [0.25, 0.3) is 0 Å². The molecule has 0 fully saturated rings. The van der Waals surface area contributed by atoms with E-state index in [-0.39, 0.29) is 18.4 Å². The highest BCUT2D eigenvalue weighted by molar-refractivity contribution is 5.81. The van der Waals surface area contributed by atoms with Crippen molar-refractivity contribution < 1.29 is 14.7 Å². The molecule has 1 heterocycles. The van der Waals surface area contributed by atoms with Crippen LogP contribution >= 0.6 is 0 Å². The number of carboxylic acid groups (broad SMARTS) is 1. The van der Waals surface area contributed by atoms with Gasteiger partial charge in [0.2, 0.25) is 5.91 Å². The number of anilines is 1. The van der Waals surface area contributed by atoms with E-state index in [0.717, 1.165) is 11.3 Å². The molecular formula is C15H20N2O3. The van der Waals surface area contributed by atoms with Crippen molar-refractivity contribution in [3.8, 4) is 0 Å². The summed E-state index contributed by atoms with van der Waals surface area (Å²) in [6.45, 7) is 2.60. The number of para-hydroxylation sites is 1. The molecule has 2 rings (SSSR count). The molecule has 5 nitrogen and oxygen atoms in total. The van der Waals surface area contributed by atoms with Gasteiger partial charge < -0.3 is 15.7 Å². The summed E-state index contributed by atoms with van der Waals surface area (Å²) in [5.74, 6) is -1.59. The molecular weight excluding hydrogens is 256 g/mol. The number of rotatable bonds is 5. The van der Waals surface area contributed by atoms with E-state index in [9.17, 15) is 9.59 Å². The summed E-state index contributed by atoms with van der Waals surface area (Å²) in [7, 11) is 0. The van der Waals surface area contributed by atoms with Gasteiger partial charge in [-0.2, -0.15) is 0 Å². The molecule has 20 heavy (non-hydrogen) atoms. The fraction of sp³-hybridized carbons (Fsp3) is 0.467. The minimum Gasteiger partial charge on any atom is -0.481 e. The Labute approximate surface area is 118 Å². The zero-order valence-corrected chi connectivity index (χ0v) is 11.6. The molecule has 0 aromatic heterocycles. The van der Waals surface area contributed by atoms with Crippen molar-refractivity contribution in [2.75, 3.05) is 18.4 Å². The van der Waals surface area contributed by atoms with Crippen molar-refractivity contribution in [3.05, 3.63) is 29.8 Å². The standard InChI is InChI=1S/C15H20N2O3/c1-2-10(15(19)20)8-17-14(18)12-7-11-5-3-4-6-13(11)16-9-12/h3-6,10,12,16H,2,7-9H2,1H3,(H,17,18)(H,19,20). The molecule has 0 saturated heterocycles.